The largest absolute Gasteiger partial charge is 0.440 e. The first-order valence-electron chi connectivity index (χ1n) is 25.1. The zero-order chi connectivity index (χ0) is 46.8. The Balaban J connectivity index is 1.33. The Hall–Kier alpha value is -4.44. The Morgan fingerprint density at radius 2 is 1.22 bits per heavy atom. The van der Waals surface area contributed by atoms with Crippen LogP contribution in [-0.2, 0) is 16.2 Å². The maximum absolute atomic E-state index is 7.50. The SMILES string of the molecule is C=C1/C=C2\C(=C/B3c4c(cc(C)cc4N(c4ccc(C(C)(C)C)cc4)c4oc5cc6c(cc5c43)C(C)(C)CCC6(C)C)N1C1=CCC3C(=C1)C(C)(C)CCC3(C)C)C(C)(C)CCC2(C)C. The Morgan fingerprint density at radius 3 is 1.85 bits per heavy atom. The second-order valence-electron chi connectivity index (χ2n) is 26.4. The minimum atomic E-state index is -0.0747. The van der Waals surface area contributed by atoms with Crippen molar-refractivity contribution < 1.29 is 4.42 Å². The number of aryl methyl sites for hydroxylation is 1. The average Bonchev–Trinajstić information content (AvgIpc) is 3.60. The normalized spacial score (nSPS) is 26.1. The molecule has 4 aromatic rings. The van der Waals surface area contributed by atoms with E-state index < -0.39 is 0 Å². The van der Waals surface area contributed by atoms with E-state index in [1.54, 1.807) is 5.57 Å². The molecule has 3 aromatic carbocycles. The average molecular weight is 865 g/mol. The molecule has 3 nitrogen and oxygen atoms in total. The summed E-state index contributed by atoms with van der Waals surface area (Å²) in [5.41, 5.74) is 19.8. The molecule has 0 bridgehead atoms. The van der Waals surface area contributed by atoms with Gasteiger partial charge < -0.3 is 9.32 Å². The third-order valence-corrected chi connectivity index (χ3v) is 17.9. The number of allylic oxidation sites excluding steroid dienone is 6. The van der Waals surface area contributed by atoms with Gasteiger partial charge in [0.15, 0.2) is 0 Å². The number of rotatable bonds is 2. The van der Waals surface area contributed by atoms with Crippen LogP contribution in [-0.4, -0.2) is 6.71 Å². The van der Waals surface area contributed by atoms with Gasteiger partial charge in [-0.05, 0) is 178 Å². The molecule has 0 saturated heterocycles. The van der Waals surface area contributed by atoms with Gasteiger partial charge in [-0.15, -0.1) is 5.98 Å². The highest BCUT2D eigenvalue weighted by molar-refractivity contribution is 6.94. The quantitative estimate of drug-likeness (QED) is 0.187. The Kier molecular flexibility index (Phi) is 9.60. The molecule has 1 atom stereocenters. The van der Waals surface area contributed by atoms with Crippen LogP contribution < -0.4 is 20.7 Å². The van der Waals surface area contributed by atoms with E-state index in [1.807, 2.05) is 0 Å². The van der Waals surface area contributed by atoms with Crippen molar-refractivity contribution >= 4 is 51.6 Å². The summed E-state index contributed by atoms with van der Waals surface area (Å²) >= 11 is 0. The number of benzene rings is 3. The molecule has 4 aliphatic carbocycles. The van der Waals surface area contributed by atoms with Crippen LogP contribution in [0.4, 0.5) is 22.9 Å². The zero-order valence-corrected chi connectivity index (χ0v) is 43.0. The topological polar surface area (TPSA) is 19.6 Å². The maximum atomic E-state index is 7.50. The lowest BCUT2D eigenvalue weighted by atomic mass is 9.36. The molecule has 0 N–H and O–H groups in total. The number of anilines is 4. The van der Waals surface area contributed by atoms with Gasteiger partial charge in [-0.2, -0.15) is 0 Å². The van der Waals surface area contributed by atoms with E-state index in [9.17, 15) is 0 Å². The molecule has 1 unspecified atom stereocenters. The summed E-state index contributed by atoms with van der Waals surface area (Å²) in [5, 5.41) is 1.25. The van der Waals surface area contributed by atoms with Gasteiger partial charge in [0.05, 0.1) is 0 Å². The number of hydrogen-bond donors (Lipinski definition) is 0. The highest BCUT2D eigenvalue weighted by Crippen LogP contribution is 2.58. The molecule has 0 radical (unpaired) electrons. The second-order valence-corrected chi connectivity index (χ2v) is 26.4. The van der Waals surface area contributed by atoms with Crippen LogP contribution in [0.3, 0.4) is 0 Å². The van der Waals surface area contributed by atoms with E-state index in [2.05, 4.69) is 193 Å². The summed E-state index contributed by atoms with van der Waals surface area (Å²) in [6.45, 7) is 43.9. The van der Waals surface area contributed by atoms with Crippen molar-refractivity contribution in [3.63, 3.8) is 0 Å². The van der Waals surface area contributed by atoms with Crippen molar-refractivity contribution in [1.29, 1.82) is 0 Å². The number of furan rings is 1. The Bertz CT molecular complexity index is 2820. The van der Waals surface area contributed by atoms with Gasteiger partial charge >= 0.3 is 0 Å². The monoisotopic (exact) mass is 865 g/mol. The maximum Gasteiger partial charge on any atom is 0.247 e. The Morgan fingerprint density at radius 1 is 0.646 bits per heavy atom. The lowest BCUT2D eigenvalue weighted by molar-refractivity contribution is 0.123. The van der Waals surface area contributed by atoms with Crippen LogP contribution in [0.5, 0.6) is 0 Å². The van der Waals surface area contributed by atoms with Crippen LogP contribution in [0, 0.1) is 34.5 Å². The van der Waals surface area contributed by atoms with Gasteiger partial charge in [0.2, 0.25) is 12.6 Å². The van der Waals surface area contributed by atoms with Crippen molar-refractivity contribution in [3.8, 4) is 0 Å². The third kappa shape index (κ3) is 6.86. The molecule has 4 heteroatoms. The van der Waals surface area contributed by atoms with Gasteiger partial charge in [-0.25, -0.2) is 0 Å². The van der Waals surface area contributed by atoms with Gasteiger partial charge in [0.25, 0.3) is 0 Å². The van der Waals surface area contributed by atoms with Gasteiger partial charge in [0, 0.05) is 39.3 Å². The molecule has 0 spiro atoms. The van der Waals surface area contributed by atoms with Gasteiger partial charge in [0.1, 0.15) is 5.58 Å². The molecule has 6 aliphatic rings. The molecule has 1 aromatic heterocycles. The number of fused-ring (bicyclic) bond motifs is 7. The van der Waals surface area contributed by atoms with Gasteiger partial charge in [-0.3, -0.25) is 4.90 Å². The number of nitrogens with zero attached hydrogens (tertiary/aromatic N) is 2. The standard InChI is InChI=1S/C61H77BN2O/c1-37-30-49-53-50(31-37)64(40-20-18-39(19-21-40)55(3,4)5)54-52(42-34-46-47(35-51(42)65-54)60(14,15)27-26-59(46,12)13)62(53)36-48-44(57(8,9)28-29-61(48,16)17)32-38(2)63(49)41-22-23-43-45(33-41)58(10,11)25-24-56(43,6)7/h18-22,30-36,43H,2,23-29H2,1,3-17H3/b44-32+,48-36+. The summed E-state index contributed by atoms with van der Waals surface area (Å²) in [4.78, 5) is 5.07. The minimum Gasteiger partial charge on any atom is -0.440 e. The fraction of sp³-hybridized carbons (Fsp3) is 0.508. The molecule has 65 heavy (non-hydrogen) atoms. The predicted octanol–water partition coefficient (Wildman–Crippen LogP) is 16.0. The molecule has 2 fully saturated rings. The zero-order valence-electron chi connectivity index (χ0n) is 43.0. The molecule has 10 rings (SSSR count). The van der Waals surface area contributed by atoms with E-state index in [0.717, 1.165) is 48.5 Å². The van der Waals surface area contributed by atoms with Crippen molar-refractivity contribution in [1.82, 2.24) is 0 Å². The van der Waals surface area contributed by atoms with Crippen LogP contribution in [0.1, 0.15) is 171 Å². The van der Waals surface area contributed by atoms with Crippen molar-refractivity contribution in [3.05, 3.63) is 130 Å². The fourth-order valence-electron chi connectivity index (χ4n) is 13.1. The van der Waals surface area contributed by atoms with Crippen LogP contribution in [0.2, 0.25) is 0 Å². The molecular weight excluding hydrogens is 787 g/mol. The van der Waals surface area contributed by atoms with E-state index in [-0.39, 0.29) is 44.6 Å². The highest BCUT2D eigenvalue weighted by atomic mass is 16.4. The van der Waals surface area contributed by atoms with Gasteiger partial charge in [-0.1, -0.05) is 140 Å². The van der Waals surface area contributed by atoms with Crippen LogP contribution in [0.15, 0.2) is 112 Å². The number of hydrogen-bond acceptors (Lipinski definition) is 3. The summed E-state index contributed by atoms with van der Waals surface area (Å²) in [5.74, 6) is 4.18. The lowest BCUT2D eigenvalue weighted by Crippen LogP contribution is -2.51. The van der Waals surface area contributed by atoms with E-state index in [0.29, 0.717) is 5.92 Å². The Labute approximate surface area is 393 Å². The minimum absolute atomic E-state index is 0.0311. The summed E-state index contributed by atoms with van der Waals surface area (Å²) in [6.07, 6.45) is 15.8. The smallest absolute Gasteiger partial charge is 0.247 e. The molecule has 0 amide bonds. The lowest BCUT2D eigenvalue weighted by Gasteiger charge is -2.50. The second kappa shape index (κ2) is 14.1. The molecule has 340 valence electrons. The van der Waals surface area contributed by atoms with E-state index in [1.165, 1.54) is 86.0 Å². The first-order valence-corrected chi connectivity index (χ1v) is 25.1. The molecule has 3 heterocycles. The van der Waals surface area contributed by atoms with Crippen LogP contribution >= 0.6 is 0 Å². The summed E-state index contributed by atoms with van der Waals surface area (Å²) in [7, 11) is 0. The van der Waals surface area contributed by atoms with E-state index in [4.69, 9.17) is 11.0 Å². The van der Waals surface area contributed by atoms with Crippen molar-refractivity contribution in [2.45, 2.75) is 172 Å². The molecular formula is C61H77BN2O. The summed E-state index contributed by atoms with van der Waals surface area (Å²) in [6, 6.07) is 19.3. The van der Waals surface area contributed by atoms with Crippen LogP contribution in [0.25, 0.3) is 11.0 Å². The predicted molar refractivity (Wildman–Crippen MR) is 280 cm³/mol. The molecule has 2 aliphatic heterocycles. The first-order chi connectivity index (χ1) is 30.1. The highest BCUT2D eigenvalue weighted by Gasteiger charge is 2.49. The third-order valence-electron chi connectivity index (χ3n) is 17.9. The summed E-state index contributed by atoms with van der Waals surface area (Å²) < 4.78 is 7.50. The first kappa shape index (κ1) is 44.4. The van der Waals surface area contributed by atoms with E-state index >= 15 is 0 Å². The van der Waals surface area contributed by atoms with Crippen molar-refractivity contribution in [2.24, 2.45) is 27.6 Å². The molecule has 2 saturated carbocycles. The van der Waals surface area contributed by atoms with Crippen molar-refractivity contribution in [2.75, 3.05) is 9.80 Å². The fourth-order valence-corrected chi connectivity index (χ4v) is 13.1.